The molecule has 1 aliphatic carbocycles. The summed E-state index contributed by atoms with van der Waals surface area (Å²) in [6.07, 6.45) is 0. The Bertz CT molecular complexity index is 1450. The maximum Gasteiger partial charge on any atom is 0.371 e. The van der Waals surface area contributed by atoms with Crippen molar-refractivity contribution < 1.29 is 18.4 Å². The molecule has 0 saturated heterocycles. The highest BCUT2D eigenvalue weighted by Crippen LogP contribution is 2.53. The van der Waals surface area contributed by atoms with Crippen LogP contribution in [0.25, 0.3) is 40.4 Å². The number of alkyl halides is 2. The maximum atomic E-state index is 14.6. The molecule has 0 aliphatic heterocycles. The molecule has 2 aromatic carbocycles. The normalized spacial score (nSPS) is 14.5. The van der Waals surface area contributed by atoms with Gasteiger partial charge in [0.15, 0.2) is 0 Å². The predicted molar refractivity (Wildman–Crippen MR) is 135 cm³/mol. The Kier molecular flexibility index (Phi) is 4.95. The highest BCUT2D eigenvalue weighted by molar-refractivity contribution is 7.28. The molecule has 6 rings (SSSR count). The fraction of sp³-hybridized carbons (Fsp3) is 0.0370. The molecule has 0 spiro atoms. The molecule has 0 radical (unpaired) electrons. The van der Waals surface area contributed by atoms with Crippen molar-refractivity contribution in [1.29, 1.82) is 0 Å². The Morgan fingerprint density at radius 2 is 0.882 bits per heavy atom. The molecule has 0 bridgehead atoms. The highest BCUT2D eigenvalue weighted by atomic mass is 32.1. The summed E-state index contributed by atoms with van der Waals surface area (Å²) in [5.74, 6) is -6.83. The third-order valence-electron chi connectivity index (χ3n) is 5.71. The van der Waals surface area contributed by atoms with Crippen LogP contribution in [0.15, 0.2) is 84.9 Å². The van der Waals surface area contributed by atoms with Crippen LogP contribution in [0.3, 0.4) is 0 Å². The molecular formula is C27H14F2O2S3. The number of ketones is 2. The van der Waals surface area contributed by atoms with Crippen LogP contribution in [0.2, 0.25) is 0 Å². The second kappa shape index (κ2) is 7.91. The Morgan fingerprint density at radius 3 is 1.29 bits per heavy atom. The molecule has 2 nitrogen and oxygen atoms in total. The second-order valence-electron chi connectivity index (χ2n) is 7.80. The van der Waals surface area contributed by atoms with Crippen LogP contribution in [0, 0.1) is 0 Å². The fourth-order valence-corrected chi connectivity index (χ4v) is 7.61. The van der Waals surface area contributed by atoms with Gasteiger partial charge in [-0.25, -0.2) is 0 Å². The van der Waals surface area contributed by atoms with Crippen LogP contribution in [-0.4, -0.2) is 17.5 Å². The number of fused-ring (bicyclic) bond motifs is 1. The van der Waals surface area contributed by atoms with E-state index in [0.29, 0.717) is 19.5 Å². The minimum absolute atomic E-state index is 0.147. The average Bonchev–Trinajstić information content (AvgIpc) is 3.64. The number of benzene rings is 2. The third kappa shape index (κ3) is 3.23. The molecule has 3 aromatic heterocycles. The van der Waals surface area contributed by atoms with Gasteiger partial charge in [0.2, 0.25) is 11.6 Å². The number of carbonyl (C=O) groups is 2. The van der Waals surface area contributed by atoms with Gasteiger partial charge in [0.25, 0.3) is 0 Å². The molecule has 3 heterocycles. The van der Waals surface area contributed by atoms with Gasteiger partial charge in [-0.2, -0.15) is 8.78 Å². The van der Waals surface area contributed by atoms with Gasteiger partial charge in [-0.3, -0.25) is 9.59 Å². The van der Waals surface area contributed by atoms with Gasteiger partial charge in [0, 0.05) is 19.5 Å². The largest absolute Gasteiger partial charge is 0.371 e. The summed E-state index contributed by atoms with van der Waals surface area (Å²) < 4.78 is 29.2. The molecule has 0 saturated carbocycles. The van der Waals surface area contributed by atoms with Gasteiger partial charge >= 0.3 is 5.92 Å². The monoisotopic (exact) mass is 504 g/mol. The standard InChI is InChI=1S/C27H14F2O2S3/c28-27(29)25(30)21-22(26(27)31)24(20-14-12-18(33-20)16-9-5-2-6-10-16)34-23(21)19-13-11-17(32-19)15-7-3-1-4-8-15/h1-14H. The lowest BCUT2D eigenvalue weighted by atomic mass is 10.1. The molecule has 0 fully saturated rings. The van der Waals surface area contributed by atoms with Crippen molar-refractivity contribution >= 4 is 45.6 Å². The van der Waals surface area contributed by atoms with Crippen molar-refractivity contribution in [3.63, 3.8) is 0 Å². The first-order valence-electron chi connectivity index (χ1n) is 10.4. The fourth-order valence-electron chi connectivity index (χ4n) is 4.06. The summed E-state index contributed by atoms with van der Waals surface area (Å²) in [7, 11) is 0. The molecule has 0 amide bonds. The molecular weight excluding hydrogens is 490 g/mol. The van der Waals surface area contributed by atoms with E-state index < -0.39 is 17.5 Å². The Balaban J connectivity index is 1.51. The first-order chi connectivity index (χ1) is 16.4. The Morgan fingerprint density at radius 1 is 0.500 bits per heavy atom. The van der Waals surface area contributed by atoms with Crippen molar-refractivity contribution in [3.8, 4) is 40.4 Å². The van der Waals surface area contributed by atoms with Crippen molar-refractivity contribution in [2.24, 2.45) is 0 Å². The first-order valence-corrected chi connectivity index (χ1v) is 12.9. The minimum Gasteiger partial charge on any atom is -0.287 e. The quantitative estimate of drug-likeness (QED) is 0.230. The lowest BCUT2D eigenvalue weighted by Crippen LogP contribution is -2.30. The number of thiophene rings is 3. The number of carbonyl (C=O) groups excluding carboxylic acids is 2. The van der Waals surface area contributed by atoms with E-state index in [1.54, 1.807) is 0 Å². The van der Waals surface area contributed by atoms with E-state index in [0.717, 1.165) is 20.9 Å². The topological polar surface area (TPSA) is 34.1 Å². The van der Waals surface area contributed by atoms with E-state index in [-0.39, 0.29) is 11.1 Å². The lowest BCUT2D eigenvalue weighted by Gasteiger charge is -2.05. The predicted octanol–water partition coefficient (Wildman–Crippen LogP) is 8.55. The van der Waals surface area contributed by atoms with E-state index >= 15 is 0 Å². The zero-order chi connectivity index (χ0) is 23.4. The second-order valence-corrected chi connectivity index (χ2v) is 11.0. The Labute approximate surface area is 205 Å². The van der Waals surface area contributed by atoms with Gasteiger partial charge < -0.3 is 0 Å². The number of Topliss-reactive ketones (excluding diaryl/α,β-unsaturated/α-hetero) is 2. The van der Waals surface area contributed by atoms with Gasteiger partial charge in [-0.15, -0.1) is 34.0 Å². The summed E-state index contributed by atoms with van der Waals surface area (Å²) in [5.41, 5.74) is 1.72. The number of hydrogen-bond donors (Lipinski definition) is 0. The lowest BCUT2D eigenvalue weighted by molar-refractivity contribution is 0.0189. The summed E-state index contributed by atoms with van der Waals surface area (Å²) in [6.45, 7) is 0. The van der Waals surface area contributed by atoms with E-state index in [1.807, 2.05) is 84.9 Å². The zero-order valence-corrected chi connectivity index (χ0v) is 19.8. The average molecular weight is 505 g/mol. The molecule has 0 atom stereocenters. The van der Waals surface area contributed by atoms with Crippen LogP contribution in [0.5, 0.6) is 0 Å². The van der Waals surface area contributed by atoms with E-state index in [2.05, 4.69) is 0 Å². The van der Waals surface area contributed by atoms with E-state index in [1.165, 1.54) is 34.0 Å². The smallest absolute Gasteiger partial charge is 0.287 e. The van der Waals surface area contributed by atoms with Crippen molar-refractivity contribution in [2.75, 3.05) is 0 Å². The van der Waals surface area contributed by atoms with Gasteiger partial charge in [0.05, 0.1) is 20.9 Å². The highest BCUT2D eigenvalue weighted by Gasteiger charge is 2.58. The zero-order valence-electron chi connectivity index (χ0n) is 17.4. The molecule has 0 N–H and O–H groups in total. The SMILES string of the molecule is O=C1c2c(-c3ccc(-c4ccccc4)s3)sc(-c3ccc(-c4ccccc4)s3)c2C(=O)C1(F)F. The summed E-state index contributed by atoms with van der Waals surface area (Å²) in [5, 5.41) is 0. The number of rotatable bonds is 4. The van der Waals surface area contributed by atoms with Gasteiger partial charge in [0.1, 0.15) is 0 Å². The van der Waals surface area contributed by atoms with Gasteiger partial charge in [-0.05, 0) is 35.4 Å². The van der Waals surface area contributed by atoms with Crippen molar-refractivity contribution in [1.82, 2.24) is 0 Å². The number of hydrogen-bond acceptors (Lipinski definition) is 5. The first kappa shape index (κ1) is 21.3. The summed E-state index contributed by atoms with van der Waals surface area (Å²) >= 11 is 4.09. The van der Waals surface area contributed by atoms with Crippen LogP contribution in [-0.2, 0) is 0 Å². The van der Waals surface area contributed by atoms with E-state index in [4.69, 9.17) is 0 Å². The van der Waals surface area contributed by atoms with Gasteiger partial charge in [-0.1, -0.05) is 60.7 Å². The maximum absolute atomic E-state index is 14.6. The summed E-state index contributed by atoms with van der Waals surface area (Å²) in [4.78, 5) is 29.6. The van der Waals surface area contributed by atoms with Crippen LogP contribution >= 0.6 is 34.0 Å². The molecule has 5 aromatic rings. The minimum atomic E-state index is -4.03. The molecule has 1 aliphatic rings. The molecule has 0 unspecified atom stereocenters. The molecule has 166 valence electrons. The third-order valence-corrected chi connectivity index (χ3v) is 9.53. The molecule has 34 heavy (non-hydrogen) atoms. The van der Waals surface area contributed by atoms with Crippen LogP contribution < -0.4 is 0 Å². The van der Waals surface area contributed by atoms with Crippen LogP contribution in [0.1, 0.15) is 20.7 Å². The van der Waals surface area contributed by atoms with Crippen LogP contribution in [0.4, 0.5) is 8.78 Å². The van der Waals surface area contributed by atoms with Crippen molar-refractivity contribution in [2.45, 2.75) is 5.92 Å². The van der Waals surface area contributed by atoms with E-state index in [9.17, 15) is 18.4 Å². The Hall–Kier alpha value is -3.26. The molecule has 7 heteroatoms. The summed E-state index contributed by atoms with van der Waals surface area (Å²) in [6, 6.07) is 27.0. The van der Waals surface area contributed by atoms with Crippen molar-refractivity contribution in [3.05, 3.63) is 96.1 Å². The number of halogens is 2.